The van der Waals surface area contributed by atoms with Crippen molar-refractivity contribution in [3.8, 4) is 0 Å². The van der Waals surface area contributed by atoms with Crippen LogP contribution in [0.3, 0.4) is 0 Å². The summed E-state index contributed by atoms with van der Waals surface area (Å²) in [7, 11) is 0. The van der Waals surface area contributed by atoms with Crippen LogP contribution in [0.2, 0.25) is 5.02 Å². The van der Waals surface area contributed by atoms with Gasteiger partial charge in [0.1, 0.15) is 6.04 Å². The second-order valence-electron chi connectivity index (χ2n) is 5.66. The molecule has 0 aromatic heterocycles. The summed E-state index contributed by atoms with van der Waals surface area (Å²) in [6, 6.07) is 6.59. The Morgan fingerprint density at radius 1 is 1.32 bits per heavy atom. The van der Waals surface area contributed by atoms with Gasteiger partial charge >= 0.3 is 5.97 Å². The highest BCUT2D eigenvalue weighted by atomic mass is 35.5. The molecule has 1 aliphatic rings. The van der Waals surface area contributed by atoms with Crippen LogP contribution in [0.15, 0.2) is 24.3 Å². The molecule has 3 unspecified atom stereocenters. The van der Waals surface area contributed by atoms with E-state index in [-0.39, 0.29) is 0 Å². The van der Waals surface area contributed by atoms with Crippen LogP contribution in [0, 0.1) is 11.8 Å². The van der Waals surface area contributed by atoms with Crippen molar-refractivity contribution in [3.05, 3.63) is 34.9 Å². The monoisotopic (exact) mass is 281 g/mol. The summed E-state index contributed by atoms with van der Waals surface area (Å²) in [6.07, 6.45) is 1.16. The summed E-state index contributed by atoms with van der Waals surface area (Å²) >= 11 is 6.17. The van der Waals surface area contributed by atoms with Gasteiger partial charge in [-0.3, -0.25) is 9.69 Å². The lowest BCUT2D eigenvalue weighted by Gasteiger charge is -2.38. The van der Waals surface area contributed by atoms with Crippen molar-refractivity contribution in [2.24, 2.45) is 11.8 Å². The molecule has 0 saturated carbocycles. The molecule has 3 atom stereocenters. The van der Waals surface area contributed by atoms with Gasteiger partial charge in [-0.2, -0.15) is 0 Å². The van der Waals surface area contributed by atoms with Crippen LogP contribution in [0.1, 0.15) is 31.9 Å². The molecule has 0 spiro atoms. The Balaban J connectivity index is 2.31. The fourth-order valence-electron chi connectivity index (χ4n) is 3.10. The van der Waals surface area contributed by atoms with Crippen LogP contribution in [0.4, 0.5) is 0 Å². The second kappa shape index (κ2) is 5.93. The number of nitrogens with zero attached hydrogens (tertiary/aromatic N) is 1. The fraction of sp³-hybridized carbons (Fsp3) is 0.533. The molecule has 104 valence electrons. The Labute approximate surface area is 119 Å². The zero-order valence-electron chi connectivity index (χ0n) is 11.3. The van der Waals surface area contributed by atoms with Gasteiger partial charge in [-0.25, -0.2) is 0 Å². The van der Waals surface area contributed by atoms with Gasteiger partial charge in [-0.1, -0.05) is 43.6 Å². The Bertz CT molecular complexity index is 453. The molecule has 1 heterocycles. The molecular formula is C15H20ClNO2. The summed E-state index contributed by atoms with van der Waals surface area (Å²) < 4.78 is 0. The second-order valence-corrected chi connectivity index (χ2v) is 6.07. The van der Waals surface area contributed by atoms with Gasteiger partial charge in [0.05, 0.1) is 0 Å². The topological polar surface area (TPSA) is 40.5 Å². The maximum atomic E-state index is 11.7. The Kier molecular flexibility index (Phi) is 4.48. The molecule has 1 saturated heterocycles. The summed E-state index contributed by atoms with van der Waals surface area (Å²) in [5, 5.41) is 10.1. The van der Waals surface area contributed by atoms with Gasteiger partial charge in [0.15, 0.2) is 0 Å². The van der Waals surface area contributed by atoms with E-state index in [2.05, 4.69) is 13.8 Å². The third-order valence-electron chi connectivity index (χ3n) is 3.70. The van der Waals surface area contributed by atoms with Crippen LogP contribution in [0.5, 0.6) is 0 Å². The van der Waals surface area contributed by atoms with Crippen molar-refractivity contribution in [3.63, 3.8) is 0 Å². The SMILES string of the molecule is CC1CC(C)CN(C(C(=O)O)c2ccccc2Cl)C1. The van der Waals surface area contributed by atoms with Gasteiger partial charge in [0.25, 0.3) is 0 Å². The third-order valence-corrected chi connectivity index (χ3v) is 4.04. The van der Waals surface area contributed by atoms with Gasteiger partial charge in [-0.05, 0) is 29.9 Å². The molecule has 19 heavy (non-hydrogen) atoms. The zero-order valence-corrected chi connectivity index (χ0v) is 12.1. The average Bonchev–Trinajstić information content (AvgIpc) is 2.30. The molecule has 0 aliphatic carbocycles. The van der Waals surface area contributed by atoms with Gasteiger partial charge in [0.2, 0.25) is 0 Å². The number of benzene rings is 1. The first kappa shape index (κ1) is 14.4. The van der Waals surface area contributed by atoms with E-state index >= 15 is 0 Å². The number of halogens is 1. The minimum atomic E-state index is -0.825. The number of piperidine rings is 1. The molecule has 0 amide bonds. The Morgan fingerprint density at radius 3 is 2.42 bits per heavy atom. The number of carbonyl (C=O) groups is 1. The zero-order chi connectivity index (χ0) is 14.0. The first-order valence-corrected chi connectivity index (χ1v) is 7.08. The van der Waals surface area contributed by atoms with E-state index in [1.54, 1.807) is 6.07 Å². The summed E-state index contributed by atoms with van der Waals surface area (Å²) in [5.41, 5.74) is 0.693. The maximum absolute atomic E-state index is 11.7. The molecule has 4 heteroatoms. The molecular weight excluding hydrogens is 262 g/mol. The standard InChI is InChI=1S/C15H20ClNO2/c1-10-7-11(2)9-17(8-10)14(15(18)19)12-5-3-4-6-13(12)16/h3-6,10-11,14H,7-9H2,1-2H3,(H,18,19). The highest BCUT2D eigenvalue weighted by Crippen LogP contribution is 2.32. The molecule has 1 aromatic carbocycles. The van der Waals surface area contributed by atoms with Crippen LogP contribution >= 0.6 is 11.6 Å². The lowest BCUT2D eigenvalue weighted by molar-refractivity contribution is -0.144. The van der Waals surface area contributed by atoms with E-state index in [0.717, 1.165) is 19.5 Å². The van der Waals surface area contributed by atoms with Gasteiger partial charge in [-0.15, -0.1) is 0 Å². The van der Waals surface area contributed by atoms with E-state index in [4.69, 9.17) is 11.6 Å². The summed E-state index contributed by atoms with van der Waals surface area (Å²) in [5.74, 6) is 0.218. The fourth-order valence-corrected chi connectivity index (χ4v) is 3.34. The van der Waals surface area contributed by atoms with Crippen LogP contribution < -0.4 is 0 Å². The van der Waals surface area contributed by atoms with E-state index in [9.17, 15) is 9.90 Å². The lowest BCUT2D eigenvalue weighted by Crippen LogP contribution is -2.43. The van der Waals surface area contributed by atoms with E-state index < -0.39 is 12.0 Å². The molecule has 0 bridgehead atoms. The quantitative estimate of drug-likeness (QED) is 0.923. The highest BCUT2D eigenvalue weighted by molar-refractivity contribution is 6.31. The van der Waals surface area contributed by atoms with Gasteiger partial charge < -0.3 is 5.11 Å². The van der Waals surface area contributed by atoms with Crippen molar-refractivity contribution in [2.45, 2.75) is 26.3 Å². The summed E-state index contributed by atoms with van der Waals surface area (Å²) in [4.78, 5) is 13.7. The smallest absolute Gasteiger partial charge is 0.325 e. The van der Waals surface area contributed by atoms with Gasteiger partial charge in [0, 0.05) is 18.1 Å². The number of carboxylic acid groups (broad SMARTS) is 1. The number of hydrogen-bond donors (Lipinski definition) is 1. The van der Waals surface area contributed by atoms with Crippen molar-refractivity contribution in [2.75, 3.05) is 13.1 Å². The lowest BCUT2D eigenvalue weighted by atomic mass is 9.89. The highest BCUT2D eigenvalue weighted by Gasteiger charge is 2.33. The number of likely N-dealkylation sites (tertiary alicyclic amines) is 1. The molecule has 1 aromatic rings. The van der Waals surface area contributed by atoms with Crippen LogP contribution in [-0.2, 0) is 4.79 Å². The van der Waals surface area contributed by atoms with Crippen molar-refractivity contribution >= 4 is 17.6 Å². The molecule has 1 fully saturated rings. The normalized spacial score (nSPS) is 26.1. The number of carboxylic acids is 1. The Morgan fingerprint density at radius 2 is 1.89 bits per heavy atom. The first-order valence-electron chi connectivity index (χ1n) is 6.70. The number of rotatable bonds is 3. The molecule has 1 aliphatic heterocycles. The van der Waals surface area contributed by atoms with Crippen LogP contribution in [-0.4, -0.2) is 29.1 Å². The van der Waals surface area contributed by atoms with E-state index in [0.29, 0.717) is 22.4 Å². The van der Waals surface area contributed by atoms with Crippen molar-refractivity contribution in [1.82, 2.24) is 4.90 Å². The maximum Gasteiger partial charge on any atom is 0.325 e. The number of hydrogen-bond acceptors (Lipinski definition) is 2. The predicted molar refractivity (Wildman–Crippen MR) is 76.3 cm³/mol. The van der Waals surface area contributed by atoms with Crippen molar-refractivity contribution < 1.29 is 9.90 Å². The number of aliphatic carboxylic acids is 1. The third kappa shape index (κ3) is 3.28. The Hall–Kier alpha value is -1.06. The molecule has 0 radical (unpaired) electrons. The molecule has 1 N–H and O–H groups in total. The predicted octanol–water partition coefficient (Wildman–Crippen LogP) is 3.44. The first-order chi connectivity index (χ1) is 8.99. The van der Waals surface area contributed by atoms with E-state index in [1.165, 1.54) is 0 Å². The summed E-state index contributed by atoms with van der Waals surface area (Å²) in [6.45, 7) is 5.97. The van der Waals surface area contributed by atoms with Crippen LogP contribution in [0.25, 0.3) is 0 Å². The molecule has 3 nitrogen and oxygen atoms in total. The molecule has 2 rings (SSSR count). The average molecular weight is 282 g/mol. The minimum Gasteiger partial charge on any atom is -0.480 e. The largest absolute Gasteiger partial charge is 0.480 e. The minimum absolute atomic E-state index is 0.521. The van der Waals surface area contributed by atoms with E-state index in [1.807, 2.05) is 23.1 Å². The van der Waals surface area contributed by atoms with Crippen molar-refractivity contribution in [1.29, 1.82) is 0 Å².